The molecule has 0 aliphatic carbocycles. The molecule has 0 saturated carbocycles. The average molecular weight is 619 g/mol. The van der Waals surface area contributed by atoms with E-state index in [1.807, 2.05) is 60.7 Å². The molecule has 0 saturated heterocycles. The number of ether oxygens (including phenoxy) is 2. The number of halogens is 1. The van der Waals surface area contributed by atoms with Gasteiger partial charge < -0.3 is 20.9 Å². The van der Waals surface area contributed by atoms with Crippen LogP contribution in [0.15, 0.2) is 78.9 Å². The van der Waals surface area contributed by atoms with Gasteiger partial charge in [-0.2, -0.15) is 0 Å². The number of thiophene rings is 2. The van der Waals surface area contributed by atoms with Crippen LogP contribution < -0.4 is 11.5 Å². The van der Waals surface area contributed by atoms with Crippen LogP contribution in [0.2, 0.25) is 5.02 Å². The molecule has 0 atom stereocenters. The Labute approximate surface area is 250 Å². The van der Waals surface area contributed by atoms with E-state index in [4.69, 9.17) is 43.0 Å². The molecule has 0 unspecified atom stereocenters. The summed E-state index contributed by atoms with van der Waals surface area (Å²) >= 11 is 9.14. The number of hydrogen-bond donors (Lipinski definition) is 4. The second-order valence-corrected chi connectivity index (χ2v) is 11.2. The van der Waals surface area contributed by atoms with Crippen molar-refractivity contribution < 1.29 is 29.5 Å². The number of benzene rings is 2. The van der Waals surface area contributed by atoms with Crippen LogP contribution in [0.25, 0.3) is 20.9 Å². The van der Waals surface area contributed by atoms with E-state index in [1.54, 1.807) is 22.7 Å². The highest BCUT2D eigenvalue weighted by Crippen LogP contribution is 2.30. The summed E-state index contributed by atoms with van der Waals surface area (Å²) in [6.07, 6.45) is 0. The Hall–Kier alpha value is -3.49. The molecular weight excluding hydrogens is 588 g/mol. The van der Waals surface area contributed by atoms with Crippen molar-refractivity contribution in [1.29, 1.82) is 0 Å². The first kappa shape index (κ1) is 32.0. The lowest BCUT2D eigenvalue weighted by Gasteiger charge is -2.11. The quantitative estimate of drug-likeness (QED) is 0.0861. The average Bonchev–Trinajstić information content (AvgIpc) is 3.64. The van der Waals surface area contributed by atoms with Crippen LogP contribution in [0.1, 0.15) is 9.75 Å². The van der Waals surface area contributed by atoms with Crippen LogP contribution in [0.5, 0.6) is 0 Å². The van der Waals surface area contributed by atoms with Crippen molar-refractivity contribution in [3.05, 3.63) is 93.6 Å². The predicted molar refractivity (Wildman–Crippen MR) is 160 cm³/mol. The predicted octanol–water partition coefficient (Wildman–Crippen LogP) is 6.06. The van der Waals surface area contributed by atoms with Crippen LogP contribution in [-0.2, 0) is 22.7 Å². The van der Waals surface area contributed by atoms with Crippen molar-refractivity contribution in [3.63, 3.8) is 0 Å². The summed E-state index contributed by atoms with van der Waals surface area (Å²) in [5.74, 6) is 0. The molecule has 4 aromatic rings. The zero-order valence-electron chi connectivity index (χ0n) is 22.0. The van der Waals surface area contributed by atoms with Crippen molar-refractivity contribution in [2.24, 2.45) is 11.5 Å². The maximum atomic E-state index is 10.6. The molecule has 10 nitrogen and oxygen atoms in total. The summed E-state index contributed by atoms with van der Waals surface area (Å²) in [6.45, 7) is 1.43. The van der Waals surface area contributed by atoms with E-state index < -0.39 is 12.1 Å². The summed E-state index contributed by atoms with van der Waals surface area (Å²) < 4.78 is 10.8. The lowest BCUT2D eigenvalue weighted by molar-refractivity contribution is -0.0579. The molecule has 2 aromatic heterocycles. The Bertz CT molecular complexity index is 1370. The van der Waals surface area contributed by atoms with E-state index in [9.17, 15) is 9.59 Å². The molecule has 0 spiro atoms. The van der Waals surface area contributed by atoms with Gasteiger partial charge in [0, 0.05) is 24.5 Å². The van der Waals surface area contributed by atoms with Crippen LogP contribution in [0.3, 0.4) is 0 Å². The second-order valence-electron chi connectivity index (χ2n) is 8.43. The van der Waals surface area contributed by atoms with Crippen LogP contribution >= 0.6 is 34.3 Å². The van der Waals surface area contributed by atoms with Gasteiger partial charge in [-0.15, -0.1) is 22.7 Å². The van der Waals surface area contributed by atoms with E-state index in [0.29, 0.717) is 28.4 Å². The number of carbonyl (C=O) groups excluding carboxylic acids is 2. The van der Waals surface area contributed by atoms with Crippen molar-refractivity contribution in [2.45, 2.75) is 13.2 Å². The van der Waals surface area contributed by atoms with Gasteiger partial charge in [0.1, 0.15) is 0 Å². The van der Waals surface area contributed by atoms with Crippen LogP contribution in [0, 0.1) is 0 Å². The van der Waals surface area contributed by atoms with Gasteiger partial charge in [-0.25, -0.2) is 19.7 Å². The fraction of sp³-hybridized carbons (Fsp3) is 0.214. The molecule has 4 amide bonds. The highest BCUT2D eigenvalue weighted by molar-refractivity contribution is 7.15. The zero-order valence-corrected chi connectivity index (χ0v) is 24.4. The van der Waals surface area contributed by atoms with Crippen molar-refractivity contribution in [3.8, 4) is 20.9 Å². The Morgan fingerprint density at radius 1 is 0.683 bits per heavy atom. The number of hydrogen-bond acceptors (Lipinski definition) is 8. The third-order valence-corrected chi connectivity index (χ3v) is 7.87. The summed E-state index contributed by atoms with van der Waals surface area (Å²) in [4.78, 5) is 25.6. The smallest absolute Gasteiger partial charge is 0.338 e. The molecule has 0 aliphatic rings. The largest absolute Gasteiger partial charge is 0.374 e. The summed E-state index contributed by atoms with van der Waals surface area (Å²) in [7, 11) is 0. The number of amides is 4. The zero-order chi connectivity index (χ0) is 29.6. The molecule has 218 valence electrons. The minimum atomic E-state index is -0.889. The highest BCUT2D eigenvalue weighted by Gasteiger charge is 2.07. The van der Waals surface area contributed by atoms with Crippen molar-refractivity contribution in [2.75, 3.05) is 26.3 Å². The number of hydroxylamine groups is 4. The van der Waals surface area contributed by atoms with E-state index in [2.05, 4.69) is 18.2 Å². The molecule has 0 bridgehead atoms. The first-order chi connectivity index (χ1) is 19.7. The Kier molecular flexibility index (Phi) is 13.0. The number of carbonyl (C=O) groups is 2. The number of urea groups is 2. The van der Waals surface area contributed by atoms with Gasteiger partial charge in [0.15, 0.2) is 0 Å². The second kappa shape index (κ2) is 16.7. The van der Waals surface area contributed by atoms with Crippen molar-refractivity contribution in [1.82, 2.24) is 10.1 Å². The van der Waals surface area contributed by atoms with Gasteiger partial charge in [-0.3, -0.25) is 10.4 Å². The van der Waals surface area contributed by atoms with Crippen molar-refractivity contribution >= 4 is 46.3 Å². The molecule has 13 heteroatoms. The number of primary amides is 2. The summed E-state index contributed by atoms with van der Waals surface area (Å²) in [5.41, 5.74) is 12.0. The molecule has 2 heterocycles. The minimum Gasteiger partial charge on any atom is -0.374 e. The SMILES string of the molecule is NC(=O)N(O)CCOCc1ccc(-c2ccc(Cl)cc2)s1.NC(=O)N(O)CCOCc1ccc(-c2ccccc2)s1. The molecule has 4 rings (SSSR count). The normalized spacial score (nSPS) is 10.5. The number of rotatable bonds is 12. The molecule has 2 aromatic carbocycles. The topological polar surface area (TPSA) is 152 Å². The van der Waals surface area contributed by atoms with Gasteiger partial charge in [-0.1, -0.05) is 54.1 Å². The Morgan fingerprint density at radius 2 is 1.12 bits per heavy atom. The van der Waals surface area contributed by atoms with Gasteiger partial charge in [0.2, 0.25) is 0 Å². The van der Waals surface area contributed by atoms with E-state index >= 15 is 0 Å². The van der Waals surface area contributed by atoms with Gasteiger partial charge in [-0.05, 0) is 47.5 Å². The van der Waals surface area contributed by atoms with Gasteiger partial charge in [0.25, 0.3) is 0 Å². The van der Waals surface area contributed by atoms with E-state index in [0.717, 1.165) is 20.2 Å². The van der Waals surface area contributed by atoms with Gasteiger partial charge in [0.05, 0.1) is 39.5 Å². The standard InChI is InChI=1S/C14H15ClN2O3S.C14H16N2O3S/c15-11-3-1-10(2-4-11)13-6-5-12(21-13)9-20-8-7-17(19)14(16)18;15-14(17)16(18)8-9-19-10-12-6-7-13(20-12)11-4-2-1-3-5-11/h1-6,19H,7-9H2,(H2,16,18);1-7,18H,8-10H2,(H2,15,17). The Morgan fingerprint density at radius 3 is 1.56 bits per heavy atom. The van der Waals surface area contributed by atoms with E-state index in [1.165, 1.54) is 10.4 Å². The molecule has 0 radical (unpaired) electrons. The molecule has 41 heavy (non-hydrogen) atoms. The monoisotopic (exact) mass is 618 g/mol. The number of nitrogens with two attached hydrogens (primary N) is 2. The third-order valence-electron chi connectivity index (χ3n) is 5.40. The molecular formula is C28H31ClN4O6S2. The minimum absolute atomic E-state index is 0.0464. The summed E-state index contributed by atoms with van der Waals surface area (Å²) in [5, 5.41) is 19.7. The fourth-order valence-corrected chi connectivity index (χ4v) is 5.33. The maximum Gasteiger partial charge on any atom is 0.338 e. The highest BCUT2D eigenvalue weighted by atomic mass is 35.5. The fourth-order valence-electron chi connectivity index (χ4n) is 3.31. The first-order valence-electron chi connectivity index (χ1n) is 12.4. The van der Waals surface area contributed by atoms with Crippen LogP contribution in [-0.4, -0.2) is 58.9 Å². The maximum absolute atomic E-state index is 10.6. The molecule has 0 fully saturated rings. The van der Waals surface area contributed by atoms with Gasteiger partial charge >= 0.3 is 12.1 Å². The Balaban J connectivity index is 0.000000226. The number of nitrogens with zero attached hydrogens (tertiary/aromatic N) is 2. The third kappa shape index (κ3) is 11.1. The van der Waals surface area contributed by atoms with E-state index in [-0.39, 0.29) is 26.3 Å². The first-order valence-corrected chi connectivity index (χ1v) is 14.4. The summed E-state index contributed by atoms with van der Waals surface area (Å²) in [6, 6.07) is 24.1. The molecule has 6 N–H and O–H groups in total. The molecule has 0 aliphatic heterocycles. The lowest BCUT2D eigenvalue weighted by Crippen LogP contribution is -2.35. The van der Waals surface area contributed by atoms with Crippen LogP contribution in [0.4, 0.5) is 9.59 Å². The lowest BCUT2D eigenvalue weighted by atomic mass is 10.2.